The van der Waals surface area contributed by atoms with Gasteiger partial charge in [0.1, 0.15) is 12.3 Å². The Balaban J connectivity index is 2.23. The van der Waals surface area contributed by atoms with E-state index in [2.05, 4.69) is 20.2 Å². The lowest BCUT2D eigenvalue weighted by atomic mass is 10.1. The fourth-order valence-corrected chi connectivity index (χ4v) is 1.77. The number of hydrogen-bond acceptors (Lipinski definition) is 4. The van der Waals surface area contributed by atoms with E-state index in [9.17, 15) is 0 Å². The highest BCUT2D eigenvalue weighted by Gasteiger charge is 2.09. The lowest BCUT2D eigenvalue weighted by Crippen LogP contribution is -1.88. The van der Waals surface area contributed by atoms with Crippen molar-refractivity contribution in [2.75, 3.05) is 0 Å². The molecule has 0 aliphatic heterocycles. The van der Waals surface area contributed by atoms with Crippen molar-refractivity contribution in [1.82, 2.24) is 20.2 Å². The summed E-state index contributed by atoms with van der Waals surface area (Å²) in [6.45, 7) is -0.155. The zero-order valence-electron chi connectivity index (χ0n) is 8.96. The van der Waals surface area contributed by atoms with Gasteiger partial charge in [-0.3, -0.25) is 10.1 Å². The molecule has 0 spiro atoms. The van der Waals surface area contributed by atoms with E-state index in [-0.39, 0.29) is 6.61 Å². The number of H-pyrrole nitrogens is 1. The predicted octanol–water partition coefficient (Wildman–Crippen LogP) is 1.51. The molecule has 5 nitrogen and oxygen atoms in total. The van der Waals surface area contributed by atoms with Gasteiger partial charge < -0.3 is 5.11 Å². The first-order valence-electron chi connectivity index (χ1n) is 5.25. The second-order valence-electron chi connectivity index (χ2n) is 3.64. The van der Waals surface area contributed by atoms with Crippen LogP contribution < -0.4 is 0 Å². The van der Waals surface area contributed by atoms with Crippen LogP contribution in [0.3, 0.4) is 0 Å². The minimum atomic E-state index is -0.155. The number of aromatic nitrogens is 4. The first-order chi connectivity index (χ1) is 8.38. The largest absolute Gasteiger partial charge is 0.388 e. The Morgan fingerprint density at radius 2 is 2.06 bits per heavy atom. The molecule has 17 heavy (non-hydrogen) atoms. The molecular formula is C12H10N4O. The van der Waals surface area contributed by atoms with Gasteiger partial charge in [0.15, 0.2) is 11.6 Å². The van der Waals surface area contributed by atoms with E-state index >= 15 is 0 Å². The van der Waals surface area contributed by atoms with Crippen LogP contribution in [0.15, 0.2) is 36.5 Å². The van der Waals surface area contributed by atoms with Crippen LogP contribution in [0.25, 0.3) is 22.3 Å². The van der Waals surface area contributed by atoms with Crippen LogP contribution in [-0.2, 0) is 6.61 Å². The van der Waals surface area contributed by atoms with Gasteiger partial charge in [-0.2, -0.15) is 5.10 Å². The Hall–Kier alpha value is -2.27. The van der Waals surface area contributed by atoms with Gasteiger partial charge in [-0.25, -0.2) is 4.98 Å². The highest BCUT2D eigenvalue weighted by Crippen LogP contribution is 2.23. The zero-order valence-corrected chi connectivity index (χ0v) is 8.96. The van der Waals surface area contributed by atoms with E-state index in [0.717, 1.165) is 16.5 Å². The molecule has 3 aromatic rings. The molecule has 0 saturated carbocycles. The van der Waals surface area contributed by atoms with Gasteiger partial charge in [0.05, 0.1) is 0 Å². The van der Waals surface area contributed by atoms with Crippen LogP contribution in [0.4, 0.5) is 0 Å². The number of rotatable bonds is 2. The summed E-state index contributed by atoms with van der Waals surface area (Å²) in [5.41, 5.74) is 0.721. The lowest BCUT2D eigenvalue weighted by Gasteiger charge is -2.00. The summed E-state index contributed by atoms with van der Waals surface area (Å²) in [6.07, 6.45) is 1.73. The number of hydrogen-bond donors (Lipinski definition) is 2. The van der Waals surface area contributed by atoms with Crippen molar-refractivity contribution in [3.63, 3.8) is 0 Å². The van der Waals surface area contributed by atoms with Crippen molar-refractivity contribution >= 4 is 10.8 Å². The number of fused-ring (bicyclic) bond motifs is 1. The van der Waals surface area contributed by atoms with Gasteiger partial charge in [0, 0.05) is 11.6 Å². The summed E-state index contributed by atoms with van der Waals surface area (Å²) in [5.74, 6) is 0.945. The van der Waals surface area contributed by atoms with Crippen molar-refractivity contribution in [3.8, 4) is 11.5 Å². The summed E-state index contributed by atoms with van der Waals surface area (Å²) in [6, 6.07) is 9.86. The lowest BCUT2D eigenvalue weighted by molar-refractivity contribution is 0.272. The average Bonchev–Trinajstić information content (AvgIpc) is 2.87. The quantitative estimate of drug-likeness (QED) is 0.694. The Kier molecular flexibility index (Phi) is 2.31. The van der Waals surface area contributed by atoms with Crippen LogP contribution in [0.2, 0.25) is 0 Å². The standard InChI is InChI=1S/C12H10N4O/c17-7-10-14-12(16-15-10)11-9-4-2-1-3-8(9)5-6-13-11/h1-6,17H,7H2,(H,14,15,16). The van der Waals surface area contributed by atoms with Crippen molar-refractivity contribution in [2.45, 2.75) is 6.61 Å². The van der Waals surface area contributed by atoms with Crippen LogP contribution in [-0.4, -0.2) is 25.3 Å². The van der Waals surface area contributed by atoms with E-state index in [4.69, 9.17) is 5.11 Å². The SMILES string of the molecule is OCc1nc(-c2nccc3ccccc23)n[nH]1. The molecule has 2 aromatic heterocycles. The normalized spacial score (nSPS) is 10.9. The maximum absolute atomic E-state index is 8.96. The zero-order chi connectivity index (χ0) is 11.7. The van der Waals surface area contributed by atoms with Crippen molar-refractivity contribution in [3.05, 3.63) is 42.4 Å². The number of nitrogens with one attached hydrogen (secondary N) is 1. The van der Waals surface area contributed by atoms with E-state index in [1.54, 1.807) is 6.20 Å². The number of aliphatic hydroxyl groups is 1. The van der Waals surface area contributed by atoms with Crippen LogP contribution in [0.5, 0.6) is 0 Å². The van der Waals surface area contributed by atoms with Crippen LogP contribution in [0, 0.1) is 0 Å². The maximum atomic E-state index is 8.96. The summed E-state index contributed by atoms with van der Waals surface area (Å²) in [7, 11) is 0. The van der Waals surface area contributed by atoms with Crippen molar-refractivity contribution < 1.29 is 5.11 Å². The molecule has 2 N–H and O–H groups in total. The third-order valence-corrected chi connectivity index (χ3v) is 2.57. The molecule has 2 heterocycles. The Labute approximate surface area is 97.2 Å². The van der Waals surface area contributed by atoms with E-state index < -0.39 is 0 Å². The molecule has 0 radical (unpaired) electrons. The molecule has 5 heteroatoms. The fraction of sp³-hybridized carbons (Fsp3) is 0.0833. The van der Waals surface area contributed by atoms with Gasteiger partial charge in [0.2, 0.25) is 0 Å². The molecule has 1 aromatic carbocycles. The predicted molar refractivity (Wildman–Crippen MR) is 63.0 cm³/mol. The Morgan fingerprint density at radius 1 is 1.18 bits per heavy atom. The number of pyridine rings is 1. The summed E-state index contributed by atoms with van der Waals surface area (Å²) in [4.78, 5) is 8.47. The molecule has 0 aliphatic carbocycles. The number of benzene rings is 1. The molecule has 3 rings (SSSR count). The van der Waals surface area contributed by atoms with Gasteiger partial charge in [-0.05, 0) is 11.5 Å². The van der Waals surface area contributed by atoms with E-state index in [1.807, 2.05) is 30.3 Å². The third kappa shape index (κ3) is 1.66. The summed E-state index contributed by atoms with van der Waals surface area (Å²) in [5, 5.41) is 17.8. The first kappa shape index (κ1) is 9.92. The molecule has 0 atom stereocenters. The number of aromatic amines is 1. The highest BCUT2D eigenvalue weighted by molar-refractivity contribution is 5.92. The van der Waals surface area contributed by atoms with Crippen molar-refractivity contribution in [2.24, 2.45) is 0 Å². The minimum Gasteiger partial charge on any atom is -0.388 e. The molecule has 0 saturated heterocycles. The first-order valence-corrected chi connectivity index (χ1v) is 5.25. The Bertz CT molecular complexity index is 657. The number of nitrogens with zero attached hydrogens (tertiary/aromatic N) is 3. The molecule has 0 bridgehead atoms. The summed E-state index contributed by atoms with van der Waals surface area (Å²) < 4.78 is 0. The van der Waals surface area contributed by atoms with E-state index in [0.29, 0.717) is 11.6 Å². The maximum Gasteiger partial charge on any atom is 0.200 e. The molecule has 84 valence electrons. The molecule has 0 aliphatic rings. The van der Waals surface area contributed by atoms with Gasteiger partial charge in [-0.15, -0.1) is 0 Å². The van der Waals surface area contributed by atoms with Crippen LogP contribution in [0.1, 0.15) is 5.82 Å². The van der Waals surface area contributed by atoms with Gasteiger partial charge in [-0.1, -0.05) is 24.3 Å². The van der Waals surface area contributed by atoms with Crippen LogP contribution >= 0.6 is 0 Å². The molecule has 0 amide bonds. The average molecular weight is 226 g/mol. The smallest absolute Gasteiger partial charge is 0.200 e. The third-order valence-electron chi connectivity index (χ3n) is 2.57. The van der Waals surface area contributed by atoms with Gasteiger partial charge in [0.25, 0.3) is 0 Å². The minimum absolute atomic E-state index is 0.155. The Morgan fingerprint density at radius 3 is 2.88 bits per heavy atom. The summed E-state index contributed by atoms with van der Waals surface area (Å²) >= 11 is 0. The topological polar surface area (TPSA) is 74.7 Å². The van der Waals surface area contributed by atoms with E-state index in [1.165, 1.54) is 0 Å². The highest BCUT2D eigenvalue weighted by atomic mass is 16.3. The second kappa shape index (κ2) is 3.95. The number of aliphatic hydroxyl groups excluding tert-OH is 1. The molecule has 0 fully saturated rings. The monoisotopic (exact) mass is 226 g/mol. The molecular weight excluding hydrogens is 216 g/mol. The molecule has 0 unspecified atom stereocenters. The van der Waals surface area contributed by atoms with Gasteiger partial charge >= 0.3 is 0 Å². The fourth-order valence-electron chi connectivity index (χ4n) is 1.77. The second-order valence-corrected chi connectivity index (χ2v) is 3.64. The van der Waals surface area contributed by atoms with Crippen molar-refractivity contribution in [1.29, 1.82) is 0 Å².